The van der Waals surface area contributed by atoms with Gasteiger partial charge in [-0.25, -0.2) is 0 Å². The van der Waals surface area contributed by atoms with E-state index in [9.17, 15) is 14.4 Å². The molecule has 0 saturated carbocycles. The highest BCUT2D eigenvalue weighted by atomic mass is 16.5. The van der Waals surface area contributed by atoms with Gasteiger partial charge in [-0.05, 0) is 32.0 Å². The van der Waals surface area contributed by atoms with Crippen LogP contribution in [0.15, 0.2) is 48.5 Å². The molecule has 1 aliphatic heterocycles. The number of nitrogens with one attached hydrogen (secondary N) is 1. The minimum Gasteiger partial charge on any atom is -0.491 e. The average molecular weight is 406 g/mol. The first-order chi connectivity index (χ1) is 14.5. The molecule has 1 aliphatic rings. The summed E-state index contributed by atoms with van der Waals surface area (Å²) in [7, 11) is 0. The number of H-pyrrole nitrogens is 1. The van der Waals surface area contributed by atoms with E-state index in [0.29, 0.717) is 17.0 Å². The number of anilines is 1. The molecule has 4 rings (SSSR count). The second-order valence-corrected chi connectivity index (χ2v) is 7.21. The van der Waals surface area contributed by atoms with Gasteiger partial charge in [-0.2, -0.15) is 0 Å². The Morgan fingerprint density at radius 3 is 2.73 bits per heavy atom. The molecule has 2 heterocycles. The summed E-state index contributed by atoms with van der Waals surface area (Å²) in [5, 5.41) is 0.789. The molecular formula is C23H22N2O5. The standard InChI is InChI=1S/C23H22N2O5/c1-14-22(16-7-3-4-8-17(16)24-14)23(28)15(2)30-21(27)13-25-18-9-5-6-10-19(18)29-12-11-20(25)26/h3-10,15,24H,11-13H2,1-2H3/t15-/m1/s1. The number of benzene rings is 2. The molecule has 0 unspecified atom stereocenters. The highest BCUT2D eigenvalue weighted by Gasteiger charge is 2.28. The van der Waals surface area contributed by atoms with Crippen molar-refractivity contribution in [3.8, 4) is 5.75 Å². The fourth-order valence-electron chi connectivity index (χ4n) is 3.71. The normalized spacial score (nSPS) is 14.6. The van der Waals surface area contributed by atoms with Crippen molar-refractivity contribution in [1.29, 1.82) is 0 Å². The average Bonchev–Trinajstić information content (AvgIpc) is 2.98. The number of ketones is 1. The quantitative estimate of drug-likeness (QED) is 0.518. The fourth-order valence-corrected chi connectivity index (χ4v) is 3.71. The van der Waals surface area contributed by atoms with Crippen molar-refractivity contribution >= 4 is 34.3 Å². The molecule has 2 aromatic carbocycles. The van der Waals surface area contributed by atoms with Crippen LogP contribution < -0.4 is 9.64 Å². The zero-order valence-corrected chi connectivity index (χ0v) is 16.8. The summed E-state index contributed by atoms with van der Waals surface area (Å²) in [6.45, 7) is 3.32. The molecule has 7 nitrogen and oxygen atoms in total. The summed E-state index contributed by atoms with van der Waals surface area (Å²) >= 11 is 0. The Balaban J connectivity index is 1.50. The van der Waals surface area contributed by atoms with Crippen molar-refractivity contribution in [1.82, 2.24) is 4.98 Å². The lowest BCUT2D eigenvalue weighted by molar-refractivity contribution is -0.145. The molecule has 0 saturated heterocycles. The van der Waals surface area contributed by atoms with Crippen molar-refractivity contribution in [3.05, 3.63) is 59.8 Å². The molecule has 0 radical (unpaired) electrons. The molecular weight excluding hydrogens is 384 g/mol. The molecule has 1 aromatic heterocycles. The van der Waals surface area contributed by atoms with Crippen molar-refractivity contribution in [2.75, 3.05) is 18.1 Å². The Labute approximate surface area is 173 Å². The highest BCUT2D eigenvalue weighted by Crippen LogP contribution is 2.31. The van der Waals surface area contributed by atoms with Crippen LogP contribution in [0.3, 0.4) is 0 Å². The highest BCUT2D eigenvalue weighted by molar-refractivity contribution is 6.11. The third kappa shape index (κ3) is 3.66. The van der Waals surface area contributed by atoms with Gasteiger partial charge in [-0.1, -0.05) is 30.3 Å². The Morgan fingerprint density at radius 2 is 1.90 bits per heavy atom. The Bertz CT molecular complexity index is 1130. The Morgan fingerprint density at radius 1 is 1.17 bits per heavy atom. The fraction of sp³-hybridized carbons (Fsp3) is 0.261. The van der Waals surface area contributed by atoms with Gasteiger partial charge in [0.15, 0.2) is 6.10 Å². The number of aromatic nitrogens is 1. The van der Waals surface area contributed by atoms with Crippen LogP contribution in [-0.2, 0) is 14.3 Å². The van der Waals surface area contributed by atoms with Crippen LogP contribution in [0.2, 0.25) is 0 Å². The van der Waals surface area contributed by atoms with Crippen LogP contribution in [0.5, 0.6) is 5.75 Å². The minimum atomic E-state index is -0.982. The predicted molar refractivity (Wildman–Crippen MR) is 112 cm³/mol. The molecule has 0 bridgehead atoms. The zero-order chi connectivity index (χ0) is 21.3. The summed E-state index contributed by atoms with van der Waals surface area (Å²) in [6, 6.07) is 14.5. The van der Waals surface area contributed by atoms with E-state index >= 15 is 0 Å². The topological polar surface area (TPSA) is 88.7 Å². The summed E-state index contributed by atoms with van der Waals surface area (Å²) in [4.78, 5) is 42.6. The van der Waals surface area contributed by atoms with Crippen molar-refractivity contribution in [2.45, 2.75) is 26.4 Å². The van der Waals surface area contributed by atoms with E-state index in [1.165, 1.54) is 4.90 Å². The summed E-state index contributed by atoms with van der Waals surface area (Å²) < 4.78 is 11.0. The number of ether oxygens (including phenoxy) is 2. The number of fused-ring (bicyclic) bond motifs is 2. The molecule has 1 N–H and O–H groups in total. The third-order valence-corrected chi connectivity index (χ3v) is 5.14. The number of nitrogens with zero attached hydrogens (tertiary/aromatic N) is 1. The largest absolute Gasteiger partial charge is 0.491 e. The SMILES string of the molecule is Cc1[nH]c2ccccc2c1C(=O)[C@@H](C)OC(=O)CN1C(=O)CCOc2ccccc21. The van der Waals surface area contributed by atoms with E-state index in [-0.39, 0.29) is 31.3 Å². The molecule has 154 valence electrons. The molecule has 1 amide bonds. The van der Waals surface area contributed by atoms with E-state index in [1.807, 2.05) is 31.2 Å². The van der Waals surface area contributed by atoms with Crippen molar-refractivity contribution in [2.24, 2.45) is 0 Å². The van der Waals surface area contributed by atoms with Gasteiger partial charge >= 0.3 is 5.97 Å². The molecule has 0 aliphatic carbocycles. The Hall–Kier alpha value is -3.61. The number of para-hydroxylation sites is 3. The number of aromatic amines is 1. The van der Waals surface area contributed by atoms with E-state index < -0.39 is 12.1 Å². The first-order valence-corrected chi connectivity index (χ1v) is 9.79. The van der Waals surface area contributed by atoms with Crippen LogP contribution in [0, 0.1) is 6.92 Å². The smallest absolute Gasteiger partial charge is 0.326 e. The second kappa shape index (κ2) is 8.02. The monoisotopic (exact) mass is 406 g/mol. The van der Waals surface area contributed by atoms with Crippen LogP contribution in [0.4, 0.5) is 5.69 Å². The van der Waals surface area contributed by atoms with E-state index in [4.69, 9.17) is 9.47 Å². The van der Waals surface area contributed by atoms with Crippen molar-refractivity contribution < 1.29 is 23.9 Å². The van der Waals surface area contributed by atoms with E-state index in [0.717, 1.165) is 16.6 Å². The minimum absolute atomic E-state index is 0.158. The number of hydrogen-bond donors (Lipinski definition) is 1. The second-order valence-electron chi connectivity index (χ2n) is 7.21. The molecule has 7 heteroatoms. The lowest BCUT2D eigenvalue weighted by atomic mass is 10.0. The van der Waals surface area contributed by atoms with Gasteiger partial charge in [-0.3, -0.25) is 19.3 Å². The van der Waals surface area contributed by atoms with Gasteiger partial charge in [0.1, 0.15) is 12.3 Å². The van der Waals surface area contributed by atoms with Gasteiger partial charge in [0.2, 0.25) is 11.7 Å². The number of rotatable bonds is 5. The number of carbonyl (C=O) groups excluding carboxylic acids is 3. The summed E-state index contributed by atoms with van der Waals surface area (Å²) in [5.74, 6) is -0.638. The lowest BCUT2D eigenvalue weighted by Crippen LogP contribution is -2.38. The van der Waals surface area contributed by atoms with E-state index in [1.54, 1.807) is 31.2 Å². The molecule has 1 atom stereocenters. The summed E-state index contributed by atoms with van der Waals surface area (Å²) in [6.07, 6.45) is -0.825. The Kier molecular flexibility index (Phi) is 5.27. The molecule has 30 heavy (non-hydrogen) atoms. The van der Waals surface area contributed by atoms with E-state index in [2.05, 4.69) is 4.98 Å². The maximum Gasteiger partial charge on any atom is 0.326 e. The number of amides is 1. The number of Topliss-reactive ketones (excluding diaryl/α,β-unsaturated/α-hetero) is 1. The first kappa shape index (κ1) is 19.7. The maximum atomic E-state index is 13.0. The van der Waals surface area contributed by atoms with Gasteiger partial charge in [-0.15, -0.1) is 0 Å². The third-order valence-electron chi connectivity index (χ3n) is 5.14. The predicted octanol–water partition coefficient (Wildman–Crippen LogP) is 3.41. The first-order valence-electron chi connectivity index (χ1n) is 9.79. The van der Waals surface area contributed by atoms with Gasteiger partial charge < -0.3 is 14.5 Å². The van der Waals surface area contributed by atoms with Gasteiger partial charge in [0.25, 0.3) is 0 Å². The lowest BCUT2D eigenvalue weighted by Gasteiger charge is -2.22. The van der Waals surface area contributed by atoms with Crippen LogP contribution in [-0.4, -0.2) is 41.9 Å². The zero-order valence-electron chi connectivity index (χ0n) is 16.8. The van der Waals surface area contributed by atoms with Gasteiger partial charge in [0, 0.05) is 22.2 Å². The van der Waals surface area contributed by atoms with Crippen LogP contribution >= 0.6 is 0 Å². The number of hydrogen-bond acceptors (Lipinski definition) is 5. The summed E-state index contributed by atoms with van der Waals surface area (Å²) in [5.41, 5.74) is 2.60. The van der Waals surface area contributed by atoms with Crippen LogP contribution in [0.1, 0.15) is 29.4 Å². The number of carbonyl (C=O) groups is 3. The number of aryl methyl sites for hydroxylation is 1. The molecule has 0 spiro atoms. The van der Waals surface area contributed by atoms with Crippen LogP contribution in [0.25, 0.3) is 10.9 Å². The van der Waals surface area contributed by atoms with Crippen molar-refractivity contribution in [3.63, 3.8) is 0 Å². The molecule has 0 fully saturated rings. The van der Waals surface area contributed by atoms with Gasteiger partial charge in [0.05, 0.1) is 18.7 Å². The molecule has 3 aromatic rings. The number of esters is 1. The maximum absolute atomic E-state index is 13.0.